The number of rotatable bonds is 4. The lowest BCUT2D eigenvalue weighted by Gasteiger charge is -2.07. The highest BCUT2D eigenvalue weighted by Crippen LogP contribution is 2.14. The van der Waals surface area contributed by atoms with Crippen LogP contribution in [0, 0.1) is 6.92 Å². The summed E-state index contributed by atoms with van der Waals surface area (Å²) in [4.78, 5) is 22.3. The molecule has 0 atom stereocenters. The van der Waals surface area contributed by atoms with Crippen LogP contribution in [-0.4, -0.2) is 18.4 Å². The first-order valence-corrected chi connectivity index (χ1v) is 4.95. The molecule has 5 heteroatoms. The summed E-state index contributed by atoms with van der Waals surface area (Å²) in [6.45, 7) is 2.08. The number of carbonyl (C=O) groups excluding carboxylic acids is 2. The molecule has 0 unspecified atom stereocenters. The first kappa shape index (κ1) is 12.2. The number of nitrogens with two attached hydrogens (primary N) is 2. The number of hydrogen-bond acceptors (Lipinski definition) is 3. The lowest BCUT2D eigenvalue weighted by atomic mass is 10.1. The van der Waals surface area contributed by atoms with Gasteiger partial charge in [-0.05, 0) is 24.6 Å². The minimum absolute atomic E-state index is 0.179. The average Bonchev–Trinajstić information content (AvgIpc) is 2.21. The van der Waals surface area contributed by atoms with E-state index in [0.717, 1.165) is 5.56 Å². The number of benzene rings is 1. The average molecular weight is 221 g/mol. The van der Waals surface area contributed by atoms with E-state index in [-0.39, 0.29) is 12.3 Å². The van der Waals surface area contributed by atoms with E-state index in [9.17, 15) is 9.59 Å². The Balaban J connectivity index is 2.87. The van der Waals surface area contributed by atoms with Gasteiger partial charge in [0.05, 0.1) is 0 Å². The molecule has 1 rings (SSSR count). The summed E-state index contributed by atoms with van der Waals surface area (Å²) in [5.74, 6) is -0.686. The van der Waals surface area contributed by atoms with E-state index in [4.69, 9.17) is 11.5 Å². The van der Waals surface area contributed by atoms with Crippen molar-refractivity contribution in [3.8, 4) is 0 Å². The minimum atomic E-state index is -0.507. The van der Waals surface area contributed by atoms with Crippen molar-refractivity contribution >= 4 is 17.5 Å². The van der Waals surface area contributed by atoms with Gasteiger partial charge >= 0.3 is 0 Å². The summed E-state index contributed by atoms with van der Waals surface area (Å²) < 4.78 is 0. The molecule has 0 aliphatic rings. The van der Waals surface area contributed by atoms with Crippen LogP contribution in [0.2, 0.25) is 0 Å². The van der Waals surface area contributed by atoms with Gasteiger partial charge in [-0.2, -0.15) is 0 Å². The molecule has 0 saturated heterocycles. The van der Waals surface area contributed by atoms with Crippen LogP contribution in [0.1, 0.15) is 22.3 Å². The Hall–Kier alpha value is -1.88. The number of carbonyl (C=O) groups is 2. The van der Waals surface area contributed by atoms with E-state index >= 15 is 0 Å². The monoisotopic (exact) mass is 221 g/mol. The number of hydrogen-bond donors (Lipinski definition) is 3. The molecule has 1 aromatic rings. The first-order chi connectivity index (χ1) is 7.54. The molecule has 0 radical (unpaired) electrons. The summed E-state index contributed by atoms with van der Waals surface area (Å²) >= 11 is 0. The van der Waals surface area contributed by atoms with Gasteiger partial charge in [-0.15, -0.1) is 0 Å². The largest absolute Gasteiger partial charge is 0.366 e. The summed E-state index contributed by atoms with van der Waals surface area (Å²) in [5, 5.41) is 2.64. The molecular formula is C11H15N3O2. The van der Waals surface area contributed by atoms with E-state index in [1.54, 1.807) is 25.1 Å². The quantitative estimate of drug-likeness (QED) is 0.685. The van der Waals surface area contributed by atoms with Crippen molar-refractivity contribution in [2.75, 3.05) is 11.9 Å². The second-order valence-corrected chi connectivity index (χ2v) is 3.48. The van der Waals surface area contributed by atoms with Crippen molar-refractivity contribution in [2.45, 2.75) is 13.3 Å². The molecular weight excluding hydrogens is 206 g/mol. The molecule has 0 aromatic heterocycles. The number of aryl methyl sites for hydroxylation is 1. The predicted molar refractivity (Wildman–Crippen MR) is 62.0 cm³/mol. The molecule has 5 N–H and O–H groups in total. The minimum Gasteiger partial charge on any atom is -0.366 e. The number of amides is 2. The van der Waals surface area contributed by atoms with Gasteiger partial charge in [0.2, 0.25) is 11.8 Å². The molecule has 5 nitrogen and oxygen atoms in total. The molecule has 86 valence electrons. The fraction of sp³-hybridized carbons (Fsp3) is 0.273. The van der Waals surface area contributed by atoms with Crippen molar-refractivity contribution < 1.29 is 9.59 Å². The maximum absolute atomic E-state index is 11.3. The van der Waals surface area contributed by atoms with E-state index in [1.165, 1.54) is 0 Å². The maximum atomic E-state index is 11.3. The van der Waals surface area contributed by atoms with Crippen molar-refractivity contribution in [1.29, 1.82) is 0 Å². The highest BCUT2D eigenvalue weighted by molar-refractivity contribution is 5.97. The van der Waals surface area contributed by atoms with Gasteiger partial charge in [0, 0.05) is 24.2 Å². The maximum Gasteiger partial charge on any atom is 0.249 e. The lowest BCUT2D eigenvalue weighted by molar-refractivity contribution is -0.116. The number of anilines is 1. The van der Waals surface area contributed by atoms with Crippen LogP contribution in [0.15, 0.2) is 18.2 Å². The molecule has 0 aliphatic heterocycles. The Kier molecular flexibility index (Phi) is 4.02. The molecule has 0 saturated carbocycles. The molecule has 16 heavy (non-hydrogen) atoms. The zero-order valence-electron chi connectivity index (χ0n) is 9.12. The molecule has 0 heterocycles. The Labute approximate surface area is 93.8 Å². The Morgan fingerprint density at radius 1 is 1.38 bits per heavy atom. The van der Waals surface area contributed by atoms with Crippen LogP contribution in [-0.2, 0) is 4.79 Å². The molecule has 1 aromatic carbocycles. The van der Waals surface area contributed by atoms with Crippen LogP contribution in [0.4, 0.5) is 5.69 Å². The summed E-state index contributed by atoms with van der Waals surface area (Å²) in [7, 11) is 0. The molecule has 0 aliphatic carbocycles. The van der Waals surface area contributed by atoms with Gasteiger partial charge in [-0.3, -0.25) is 9.59 Å². The van der Waals surface area contributed by atoms with Crippen LogP contribution < -0.4 is 16.8 Å². The predicted octanol–water partition coefficient (Wildman–Crippen LogP) is 0.381. The third-order valence-corrected chi connectivity index (χ3v) is 2.16. The zero-order valence-corrected chi connectivity index (χ0v) is 9.12. The van der Waals surface area contributed by atoms with Crippen LogP contribution in [0.25, 0.3) is 0 Å². The summed E-state index contributed by atoms with van der Waals surface area (Å²) in [5.41, 5.74) is 12.2. The van der Waals surface area contributed by atoms with Crippen molar-refractivity contribution in [3.63, 3.8) is 0 Å². The fourth-order valence-corrected chi connectivity index (χ4v) is 1.32. The topological polar surface area (TPSA) is 98.2 Å². The van der Waals surface area contributed by atoms with Gasteiger partial charge in [-0.25, -0.2) is 0 Å². The van der Waals surface area contributed by atoms with Gasteiger partial charge in [0.15, 0.2) is 0 Å². The van der Waals surface area contributed by atoms with Gasteiger partial charge in [-0.1, -0.05) is 6.07 Å². The molecule has 0 fully saturated rings. The molecule has 0 bridgehead atoms. The van der Waals surface area contributed by atoms with Gasteiger partial charge in [0.25, 0.3) is 0 Å². The van der Waals surface area contributed by atoms with Crippen LogP contribution in [0.5, 0.6) is 0 Å². The summed E-state index contributed by atoms with van der Waals surface area (Å²) in [6, 6.07) is 5.01. The number of nitrogens with one attached hydrogen (secondary N) is 1. The Morgan fingerprint density at radius 2 is 2.06 bits per heavy atom. The van der Waals surface area contributed by atoms with Crippen LogP contribution in [0.3, 0.4) is 0 Å². The first-order valence-electron chi connectivity index (χ1n) is 4.95. The smallest absolute Gasteiger partial charge is 0.249 e. The number of primary amides is 1. The second kappa shape index (κ2) is 5.27. The van der Waals surface area contributed by atoms with Crippen molar-refractivity contribution in [3.05, 3.63) is 29.3 Å². The molecule has 2 amide bonds. The molecule has 0 spiro atoms. The third kappa shape index (κ3) is 3.06. The van der Waals surface area contributed by atoms with E-state index < -0.39 is 5.91 Å². The highest BCUT2D eigenvalue weighted by Gasteiger charge is 2.07. The lowest BCUT2D eigenvalue weighted by Crippen LogP contribution is -2.17. The zero-order chi connectivity index (χ0) is 12.1. The normalized spacial score (nSPS) is 9.88. The van der Waals surface area contributed by atoms with Crippen LogP contribution >= 0.6 is 0 Å². The van der Waals surface area contributed by atoms with E-state index in [0.29, 0.717) is 17.8 Å². The van der Waals surface area contributed by atoms with Gasteiger partial charge < -0.3 is 16.8 Å². The van der Waals surface area contributed by atoms with Gasteiger partial charge in [0.1, 0.15) is 0 Å². The van der Waals surface area contributed by atoms with E-state index in [2.05, 4.69) is 5.32 Å². The second-order valence-electron chi connectivity index (χ2n) is 3.48. The standard InChI is InChI=1S/C11H15N3O2/c1-7-2-3-8(6-9(7)11(13)16)14-10(15)4-5-12/h2-3,6H,4-5,12H2,1H3,(H2,13,16)(H,14,15). The highest BCUT2D eigenvalue weighted by atomic mass is 16.2. The SMILES string of the molecule is Cc1ccc(NC(=O)CCN)cc1C(N)=O. The Morgan fingerprint density at radius 3 is 2.62 bits per heavy atom. The third-order valence-electron chi connectivity index (χ3n) is 2.16. The van der Waals surface area contributed by atoms with Crippen molar-refractivity contribution in [1.82, 2.24) is 0 Å². The summed E-state index contributed by atoms with van der Waals surface area (Å²) in [6.07, 6.45) is 0.250. The van der Waals surface area contributed by atoms with E-state index in [1.807, 2.05) is 0 Å². The Bertz CT molecular complexity index is 416. The fourth-order valence-electron chi connectivity index (χ4n) is 1.32. The van der Waals surface area contributed by atoms with Crippen molar-refractivity contribution in [2.24, 2.45) is 11.5 Å².